The van der Waals surface area contributed by atoms with Crippen LogP contribution in [-0.4, -0.2) is 10.3 Å². The largest absolute Gasteiger partial charge is 0.272 e. The van der Waals surface area contributed by atoms with Crippen LogP contribution in [0.4, 0.5) is 10.1 Å². The molecule has 0 radical (unpaired) electrons. The van der Waals surface area contributed by atoms with Crippen LogP contribution in [-0.2, 0) is 6.42 Å². The van der Waals surface area contributed by atoms with Crippen molar-refractivity contribution in [1.29, 1.82) is 0 Å². The molecule has 0 saturated carbocycles. The highest BCUT2D eigenvalue weighted by Crippen LogP contribution is 2.26. The molecule has 2 unspecified atom stereocenters. The van der Waals surface area contributed by atoms with Crippen molar-refractivity contribution in [2.75, 3.05) is 0 Å². The van der Waals surface area contributed by atoms with Gasteiger partial charge in [-0.2, -0.15) is 0 Å². The van der Waals surface area contributed by atoms with Gasteiger partial charge in [0.15, 0.2) is 0 Å². The van der Waals surface area contributed by atoms with Crippen LogP contribution in [0.1, 0.15) is 26.3 Å². The van der Waals surface area contributed by atoms with Gasteiger partial charge in [-0.25, -0.2) is 4.39 Å². The Morgan fingerprint density at radius 2 is 1.94 bits per heavy atom. The molecule has 0 spiro atoms. The Labute approximate surface area is 111 Å². The van der Waals surface area contributed by atoms with Gasteiger partial charge in [0.25, 0.3) is 5.69 Å². The molecule has 0 amide bonds. The standard InChI is InChI=1S/C13H17ClFNO2/c1-8(2)13(9(3)14)6-10-4-11(15)7-12(5-10)16(17)18/h4-5,7-9,13H,6H2,1-3H3. The van der Waals surface area contributed by atoms with E-state index in [4.69, 9.17) is 11.6 Å². The zero-order valence-corrected chi connectivity index (χ0v) is 11.4. The second-order valence-corrected chi connectivity index (χ2v) is 5.55. The van der Waals surface area contributed by atoms with Crippen LogP contribution in [0.3, 0.4) is 0 Å². The van der Waals surface area contributed by atoms with Crippen LogP contribution in [0.5, 0.6) is 0 Å². The molecule has 0 aliphatic carbocycles. The number of non-ortho nitro benzene ring substituents is 1. The van der Waals surface area contributed by atoms with Crippen LogP contribution in [0, 0.1) is 27.8 Å². The zero-order chi connectivity index (χ0) is 13.9. The molecular weight excluding hydrogens is 257 g/mol. The number of benzene rings is 1. The molecule has 5 heteroatoms. The molecule has 1 aromatic rings. The normalized spacial score (nSPS) is 14.6. The van der Waals surface area contributed by atoms with Crippen molar-refractivity contribution in [1.82, 2.24) is 0 Å². The van der Waals surface area contributed by atoms with Crippen molar-refractivity contribution < 1.29 is 9.31 Å². The highest BCUT2D eigenvalue weighted by molar-refractivity contribution is 6.20. The average molecular weight is 274 g/mol. The fourth-order valence-corrected chi connectivity index (χ4v) is 2.44. The van der Waals surface area contributed by atoms with E-state index in [0.29, 0.717) is 17.9 Å². The molecule has 0 aliphatic heterocycles. The first-order chi connectivity index (χ1) is 8.31. The van der Waals surface area contributed by atoms with Gasteiger partial charge in [0.2, 0.25) is 0 Å². The van der Waals surface area contributed by atoms with Gasteiger partial charge in [-0.15, -0.1) is 11.6 Å². The van der Waals surface area contributed by atoms with Crippen molar-refractivity contribution >= 4 is 17.3 Å². The fourth-order valence-electron chi connectivity index (χ4n) is 2.06. The van der Waals surface area contributed by atoms with Gasteiger partial charge in [-0.3, -0.25) is 10.1 Å². The molecule has 100 valence electrons. The molecule has 2 atom stereocenters. The van der Waals surface area contributed by atoms with Crippen molar-refractivity contribution in [2.45, 2.75) is 32.6 Å². The third-order valence-corrected chi connectivity index (χ3v) is 3.39. The predicted molar refractivity (Wildman–Crippen MR) is 70.4 cm³/mol. The Morgan fingerprint density at radius 1 is 1.33 bits per heavy atom. The molecule has 0 heterocycles. The molecule has 0 fully saturated rings. The first kappa shape index (κ1) is 14.9. The van der Waals surface area contributed by atoms with Crippen LogP contribution in [0.2, 0.25) is 0 Å². The molecular formula is C13H17ClFNO2. The quantitative estimate of drug-likeness (QED) is 0.459. The van der Waals surface area contributed by atoms with Crippen molar-refractivity contribution in [3.8, 4) is 0 Å². The van der Waals surface area contributed by atoms with Crippen LogP contribution in [0.25, 0.3) is 0 Å². The molecule has 18 heavy (non-hydrogen) atoms. The van der Waals surface area contributed by atoms with Crippen molar-refractivity contribution in [2.24, 2.45) is 11.8 Å². The summed E-state index contributed by atoms with van der Waals surface area (Å²) in [6.45, 7) is 5.97. The molecule has 0 bridgehead atoms. The summed E-state index contributed by atoms with van der Waals surface area (Å²) >= 11 is 6.10. The Balaban J connectivity index is 2.99. The summed E-state index contributed by atoms with van der Waals surface area (Å²) in [7, 11) is 0. The number of nitro benzene ring substituents is 1. The summed E-state index contributed by atoms with van der Waals surface area (Å²) in [5, 5.41) is 10.6. The lowest BCUT2D eigenvalue weighted by molar-refractivity contribution is -0.385. The molecule has 0 aliphatic rings. The topological polar surface area (TPSA) is 43.1 Å². The van der Waals surface area contributed by atoms with Gasteiger partial charge in [0, 0.05) is 11.4 Å². The second-order valence-electron chi connectivity index (χ2n) is 4.86. The summed E-state index contributed by atoms with van der Waals surface area (Å²) < 4.78 is 13.3. The minimum Gasteiger partial charge on any atom is -0.258 e. The van der Waals surface area contributed by atoms with Crippen molar-refractivity contribution in [3.63, 3.8) is 0 Å². The fraction of sp³-hybridized carbons (Fsp3) is 0.538. The lowest BCUT2D eigenvalue weighted by atomic mass is 9.87. The van der Waals surface area contributed by atoms with Crippen LogP contribution in [0.15, 0.2) is 18.2 Å². The van der Waals surface area contributed by atoms with Crippen LogP contribution >= 0.6 is 11.6 Å². The van der Waals surface area contributed by atoms with E-state index in [-0.39, 0.29) is 17.0 Å². The van der Waals surface area contributed by atoms with E-state index in [9.17, 15) is 14.5 Å². The summed E-state index contributed by atoms with van der Waals surface area (Å²) in [6, 6.07) is 3.68. The highest BCUT2D eigenvalue weighted by Gasteiger charge is 2.21. The Hall–Kier alpha value is -1.16. The lowest BCUT2D eigenvalue weighted by Gasteiger charge is -2.23. The maximum absolute atomic E-state index is 13.3. The van der Waals surface area contributed by atoms with Gasteiger partial charge in [-0.05, 0) is 36.8 Å². The molecule has 3 nitrogen and oxygen atoms in total. The van der Waals surface area contributed by atoms with E-state index < -0.39 is 10.7 Å². The van der Waals surface area contributed by atoms with E-state index in [2.05, 4.69) is 0 Å². The third-order valence-electron chi connectivity index (χ3n) is 3.07. The average Bonchev–Trinajstić information content (AvgIpc) is 2.24. The van der Waals surface area contributed by atoms with Gasteiger partial charge >= 0.3 is 0 Å². The predicted octanol–water partition coefficient (Wildman–Crippen LogP) is 4.18. The minimum absolute atomic E-state index is 0.0627. The van der Waals surface area contributed by atoms with E-state index in [1.54, 1.807) is 0 Å². The number of halogens is 2. The molecule has 1 aromatic carbocycles. The number of hydrogen-bond acceptors (Lipinski definition) is 2. The van der Waals surface area contributed by atoms with Crippen LogP contribution < -0.4 is 0 Å². The monoisotopic (exact) mass is 273 g/mol. The number of hydrogen-bond donors (Lipinski definition) is 0. The van der Waals surface area contributed by atoms with E-state index in [1.165, 1.54) is 12.1 Å². The molecule has 0 aromatic heterocycles. The SMILES string of the molecule is CC(C)C(Cc1cc(F)cc([N+](=O)[O-])c1)C(C)Cl. The smallest absolute Gasteiger partial charge is 0.258 e. The maximum atomic E-state index is 13.3. The summed E-state index contributed by atoms with van der Waals surface area (Å²) in [4.78, 5) is 10.1. The van der Waals surface area contributed by atoms with Gasteiger partial charge in [0.1, 0.15) is 5.82 Å². The maximum Gasteiger partial charge on any atom is 0.272 e. The second kappa shape index (κ2) is 6.14. The summed E-state index contributed by atoms with van der Waals surface area (Å²) in [5.41, 5.74) is 0.405. The first-order valence-electron chi connectivity index (χ1n) is 5.89. The number of nitrogens with zero attached hydrogens (tertiary/aromatic N) is 1. The third kappa shape index (κ3) is 3.95. The number of rotatable bonds is 5. The zero-order valence-electron chi connectivity index (χ0n) is 10.7. The lowest BCUT2D eigenvalue weighted by Crippen LogP contribution is -2.20. The number of alkyl halides is 1. The molecule has 0 saturated heterocycles. The van der Waals surface area contributed by atoms with E-state index >= 15 is 0 Å². The van der Waals surface area contributed by atoms with Gasteiger partial charge in [-0.1, -0.05) is 13.8 Å². The van der Waals surface area contributed by atoms with Gasteiger partial charge in [0.05, 0.1) is 11.0 Å². The Kier molecular flexibility index (Phi) is 5.08. The minimum atomic E-state index is -0.582. The molecule has 1 rings (SSSR count). The Bertz CT molecular complexity index is 427. The Morgan fingerprint density at radius 3 is 2.39 bits per heavy atom. The first-order valence-corrected chi connectivity index (χ1v) is 6.32. The molecule has 0 N–H and O–H groups in total. The van der Waals surface area contributed by atoms with Gasteiger partial charge < -0.3 is 0 Å². The van der Waals surface area contributed by atoms with E-state index in [1.807, 2.05) is 20.8 Å². The number of nitro groups is 1. The van der Waals surface area contributed by atoms with E-state index in [0.717, 1.165) is 6.07 Å². The highest BCUT2D eigenvalue weighted by atomic mass is 35.5. The van der Waals surface area contributed by atoms with Crippen molar-refractivity contribution in [3.05, 3.63) is 39.7 Å². The summed E-state index contributed by atoms with van der Waals surface area (Å²) in [5.74, 6) is -0.0863. The summed E-state index contributed by atoms with van der Waals surface area (Å²) in [6.07, 6.45) is 0.543.